The van der Waals surface area contributed by atoms with Crippen molar-refractivity contribution in [1.82, 2.24) is 4.98 Å². The van der Waals surface area contributed by atoms with E-state index in [2.05, 4.69) is 23.3 Å². The molecule has 0 radical (unpaired) electrons. The second-order valence-corrected chi connectivity index (χ2v) is 3.50. The molecule has 0 bridgehead atoms. The molecular weight excluding hydrogens is 186 g/mol. The van der Waals surface area contributed by atoms with E-state index in [1.165, 1.54) is 19.3 Å². The maximum absolute atomic E-state index is 8.83. The fourth-order valence-corrected chi connectivity index (χ4v) is 1.39. The summed E-state index contributed by atoms with van der Waals surface area (Å²) in [6.07, 6.45) is 6.59. The molecule has 0 aromatic carbocycles. The van der Waals surface area contributed by atoms with Gasteiger partial charge in [0.05, 0.1) is 5.56 Å². The quantitative estimate of drug-likeness (QED) is 0.723. The number of nitriles is 1. The maximum Gasteiger partial charge on any atom is 0.143 e. The van der Waals surface area contributed by atoms with E-state index in [4.69, 9.17) is 5.26 Å². The molecule has 0 unspecified atom stereocenters. The first kappa shape index (κ1) is 11.5. The third-order valence-electron chi connectivity index (χ3n) is 2.25. The summed E-state index contributed by atoms with van der Waals surface area (Å²) in [5.74, 6) is 0.705. The number of anilines is 1. The average Bonchev–Trinajstić information content (AvgIpc) is 2.29. The Bertz CT molecular complexity index is 328. The highest BCUT2D eigenvalue weighted by molar-refractivity contribution is 5.50. The van der Waals surface area contributed by atoms with Gasteiger partial charge >= 0.3 is 0 Å². The highest BCUT2D eigenvalue weighted by Crippen LogP contribution is 2.09. The Morgan fingerprint density at radius 1 is 1.40 bits per heavy atom. The van der Waals surface area contributed by atoms with Crippen LogP contribution in [0.15, 0.2) is 18.3 Å². The van der Waals surface area contributed by atoms with Crippen LogP contribution in [0.4, 0.5) is 5.82 Å². The Hall–Kier alpha value is -1.56. The highest BCUT2D eigenvalue weighted by atomic mass is 15.0. The van der Waals surface area contributed by atoms with Gasteiger partial charge in [-0.25, -0.2) is 4.98 Å². The lowest BCUT2D eigenvalue weighted by atomic mass is 10.2. The van der Waals surface area contributed by atoms with Crippen LogP contribution >= 0.6 is 0 Å². The molecule has 80 valence electrons. The number of unbranched alkanes of at least 4 members (excludes halogenated alkanes) is 3. The van der Waals surface area contributed by atoms with E-state index < -0.39 is 0 Å². The van der Waals surface area contributed by atoms with Gasteiger partial charge in [-0.2, -0.15) is 5.26 Å². The number of nitrogens with zero attached hydrogens (tertiary/aromatic N) is 2. The maximum atomic E-state index is 8.83. The van der Waals surface area contributed by atoms with E-state index in [-0.39, 0.29) is 0 Å². The minimum absolute atomic E-state index is 0.619. The van der Waals surface area contributed by atoms with Gasteiger partial charge in [0.25, 0.3) is 0 Å². The van der Waals surface area contributed by atoms with Gasteiger partial charge < -0.3 is 5.32 Å². The smallest absolute Gasteiger partial charge is 0.143 e. The van der Waals surface area contributed by atoms with E-state index in [1.54, 1.807) is 18.3 Å². The normalized spacial score (nSPS) is 9.60. The first-order chi connectivity index (χ1) is 7.38. The van der Waals surface area contributed by atoms with Crippen LogP contribution in [0.5, 0.6) is 0 Å². The largest absolute Gasteiger partial charge is 0.369 e. The Morgan fingerprint density at radius 2 is 2.27 bits per heavy atom. The predicted molar refractivity (Wildman–Crippen MR) is 61.6 cm³/mol. The molecule has 15 heavy (non-hydrogen) atoms. The summed E-state index contributed by atoms with van der Waals surface area (Å²) < 4.78 is 0. The van der Waals surface area contributed by atoms with Crippen molar-refractivity contribution in [2.45, 2.75) is 32.6 Å². The molecule has 1 rings (SSSR count). The highest BCUT2D eigenvalue weighted by Gasteiger charge is 1.99. The summed E-state index contributed by atoms with van der Waals surface area (Å²) in [6, 6.07) is 5.68. The molecular formula is C12H17N3. The standard InChI is InChI=1S/C12H17N3/c1-2-3-4-5-8-14-12-11(10-13)7-6-9-15-12/h6-7,9H,2-5,8H2,1H3,(H,14,15). The number of rotatable bonds is 6. The van der Waals surface area contributed by atoms with Gasteiger partial charge in [0.2, 0.25) is 0 Å². The van der Waals surface area contributed by atoms with Gasteiger partial charge in [-0.3, -0.25) is 0 Å². The van der Waals surface area contributed by atoms with Gasteiger partial charge in [0, 0.05) is 12.7 Å². The molecule has 0 atom stereocenters. The fraction of sp³-hybridized carbons (Fsp3) is 0.500. The van der Waals surface area contributed by atoms with E-state index >= 15 is 0 Å². The number of nitrogens with one attached hydrogen (secondary N) is 1. The fourth-order valence-electron chi connectivity index (χ4n) is 1.39. The average molecular weight is 203 g/mol. The SMILES string of the molecule is CCCCCCNc1ncccc1C#N. The van der Waals surface area contributed by atoms with Crippen molar-refractivity contribution >= 4 is 5.82 Å². The Labute approximate surface area is 91.1 Å². The molecule has 1 heterocycles. The first-order valence-electron chi connectivity index (χ1n) is 5.47. The summed E-state index contributed by atoms with van der Waals surface area (Å²) in [4.78, 5) is 4.13. The zero-order chi connectivity index (χ0) is 10.9. The number of hydrogen-bond acceptors (Lipinski definition) is 3. The third-order valence-corrected chi connectivity index (χ3v) is 2.25. The van der Waals surface area contributed by atoms with Gasteiger partial charge in [0.15, 0.2) is 0 Å². The summed E-state index contributed by atoms with van der Waals surface area (Å²) in [6.45, 7) is 3.09. The molecule has 0 saturated heterocycles. The number of aromatic nitrogens is 1. The van der Waals surface area contributed by atoms with E-state index in [1.807, 2.05) is 0 Å². The van der Waals surface area contributed by atoms with Crippen molar-refractivity contribution in [2.24, 2.45) is 0 Å². The van der Waals surface area contributed by atoms with Gasteiger partial charge in [-0.05, 0) is 18.6 Å². The minimum Gasteiger partial charge on any atom is -0.369 e. The molecule has 1 N–H and O–H groups in total. The topological polar surface area (TPSA) is 48.7 Å². The molecule has 0 aliphatic rings. The van der Waals surface area contributed by atoms with E-state index in [0.717, 1.165) is 13.0 Å². The summed E-state index contributed by atoms with van der Waals surface area (Å²) in [5, 5.41) is 12.0. The van der Waals surface area contributed by atoms with Crippen LogP contribution in [0.1, 0.15) is 38.2 Å². The van der Waals surface area contributed by atoms with Crippen LogP contribution in [0.25, 0.3) is 0 Å². The van der Waals surface area contributed by atoms with Crippen molar-refractivity contribution in [3.8, 4) is 6.07 Å². The van der Waals surface area contributed by atoms with Crippen LogP contribution in [0.2, 0.25) is 0 Å². The molecule has 3 heteroatoms. The second kappa shape index (κ2) is 6.83. The zero-order valence-electron chi connectivity index (χ0n) is 9.16. The van der Waals surface area contributed by atoms with E-state index in [9.17, 15) is 0 Å². The lowest BCUT2D eigenvalue weighted by Crippen LogP contribution is -2.04. The zero-order valence-corrected chi connectivity index (χ0v) is 9.16. The molecule has 0 fully saturated rings. The van der Waals surface area contributed by atoms with Gasteiger partial charge in [0.1, 0.15) is 11.9 Å². The van der Waals surface area contributed by atoms with Crippen molar-refractivity contribution in [1.29, 1.82) is 5.26 Å². The predicted octanol–water partition coefficient (Wildman–Crippen LogP) is 2.95. The van der Waals surface area contributed by atoms with Crippen molar-refractivity contribution in [2.75, 3.05) is 11.9 Å². The molecule has 0 spiro atoms. The number of hydrogen-bond donors (Lipinski definition) is 1. The molecule has 1 aromatic heterocycles. The van der Waals surface area contributed by atoms with Crippen LogP contribution in [-0.4, -0.2) is 11.5 Å². The molecule has 0 amide bonds. The Morgan fingerprint density at radius 3 is 3.00 bits per heavy atom. The summed E-state index contributed by atoms with van der Waals surface area (Å²) >= 11 is 0. The van der Waals surface area contributed by atoms with Crippen molar-refractivity contribution in [3.63, 3.8) is 0 Å². The van der Waals surface area contributed by atoms with Crippen LogP contribution < -0.4 is 5.32 Å². The summed E-state index contributed by atoms with van der Waals surface area (Å²) in [5.41, 5.74) is 0.619. The van der Waals surface area contributed by atoms with Crippen LogP contribution in [0, 0.1) is 11.3 Å². The van der Waals surface area contributed by atoms with Crippen LogP contribution in [-0.2, 0) is 0 Å². The Balaban J connectivity index is 2.34. The van der Waals surface area contributed by atoms with E-state index in [0.29, 0.717) is 11.4 Å². The first-order valence-corrected chi connectivity index (χ1v) is 5.47. The lowest BCUT2D eigenvalue weighted by Gasteiger charge is -2.05. The monoisotopic (exact) mass is 203 g/mol. The van der Waals surface area contributed by atoms with Crippen LogP contribution in [0.3, 0.4) is 0 Å². The molecule has 0 aliphatic heterocycles. The lowest BCUT2D eigenvalue weighted by molar-refractivity contribution is 0.684. The Kier molecular flexibility index (Phi) is 5.24. The minimum atomic E-state index is 0.619. The molecule has 3 nitrogen and oxygen atoms in total. The molecule has 1 aromatic rings. The van der Waals surface area contributed by atoms with Crippen molar-refractivity contribution in [3.05, 3.63) is 23.9 Å². The molecule has 0 saturated carbocycles. The molecule has 0 aliphatic carbocycles. The summed E-state index contributed by atoms with van der Waals surface area (Å²) in [7, 11) is 0. The number of pyridine rings is 1. The van der Waals surface area contributed by atoms with Gasteiger partial charge in [-0.15, -0.1) is 0 Å². The van der Waals surface area contributed by atoms with Gasteiger partial charge in [-0.1, -0.05) is 26.2 Å². The second-order valence-electron chi connectivity index (χ2n) is 3.50. The van der Waals surface area contributed by atoms with Crippen molar-refractivity contribution < 1.29 is 0 Å². The third kappa shape index (κ3) is 3.99.